The molecule has 0 aromatic heterocycles. The number of rotatable bonds is 6. The number of fused-ring (bicyclic) bond motifs is 2. The largest absolute Gasteiger partial charge is 0.491 e. The summed E-state index contributed by atoms with van der Waals surface area (Å²) < 4.78 is 32.7. The van der Waals surface area contributed by atoms with Crippen LogP contribution in [0.25, 0.3) is 0 Å². The number of carbonyl (C=O) groups excluding carboxylic acids is 1. The molecule has 2 N–H and O–H groups in total. The third kappa shape index (κ3) is 4.65. The van der Waals surface area contributed by atoms with Crippen molar-refractivity contribution in [2.24, 2.45) is 0 Å². The first kappa shape index (κ1) is 21.2. The number of benzene rings is 3. The van der Waals surface area contributed by atoms with Gasteiger partial charge in [0, 0.05) is 23.6 Å². The van der Waals surface area contributed by atoms with Crippen molar-refractivity contribution in [2.45, 2.75) is 25.4 Å². The lowest BCUT2D eigenvalue weighted by atomic mass is 9.95. The van der Waals surface area contributed by atoms with Crippen LogP contribution in [-0.2, 0) is 19.3 Å². The number of ether oxygens (including phenoxy) is 1. The van der Waals surface area contributed by atoms with Crippen molar-refractivity contribution in [1.82, 2.24) is 0 Å². The number of aliphatic hydroxyl groups excluding tert-OH is 2. The third-order valence-electron chi connectivity index (χ3n) is 5.46. The van der Waals surface area contributed by atoms with Gasteiger partial charge in [0.2, 0.25) is 0 Å². The highest BCUT2D eigenvalue weighted by atomic mass is 19.1. The summed E-state index contributed by atoms with van der Waals surface area (Å²) in [6.07, 6.45) is 0.610. The average Bonchev–Trinajstić information content (AvgIpc) is 2.90. The van der Waals surface area contributed by atoms with Gasteiger partial charge in [0.05, 0.1) is 6.61 Å². The van der Waals surface area contributed by atoms with Crippen molar-refractivity contribution in [3.8, 4) is 5.75 Å². The number of aryl methyl sites for hydroxylation is 2. The molecule has 4 nitrogen and oxygen atoms in total. The summed E-state index contributed by atoms with van der Waals surface area (Å²) >= 11 is 0. The SMILES string of the molecule is O=C1c2ccc(Cc3ccc(F)cc3F)cc2CCc2cc(OCC(O)CO)ccc21. The minimum atomic E-state index is -0.964. The quantitative estimate of drug-likeness (QED) is 0.635. The molecule has 1 aliphatic carbocycles. The zero-order valence-electron chi connectivity index (χ0n) is 16.8. The van der Waals surface area contributed by atoms with Crippen LogP contribution in [0.3, 0.4) is 0 Å². The molecular weight excluding hydrogens is 402 g/mol. The highest BCUT2D eigenvalue weighted by Gasteiger charge is 2.22. The molecule has 160 valence electrons. The Hall–Kier alpha value is -3.09. The second-order valence-electron chi connectivity index (χ2n) is 7.70. The van der Waals surface area contributed by atoms with E-state index in [0.29, 0.717) is 41.7 Å². The zero-order chi connectivity index (χ0) is 22.0. The molecule has 0 saturated heterocycles. The summed E-state index contributed by atoms with van der Waals surface area (Å²) in [6, 6.07) is 14.2. The van der Waals surface area contributed by atoms with E-state index in [1.807, 2.05) is 6.07 Å². The average molecular weight is 424 g/mol. The maximum atomic E-state index is 14.0. The predicted molar refractivity (Wildman–Crippen MR) is 111 cm³/mol. The second-order valence-corrected chi connectivity index (χ2v) is 7.70. The summed E-state index contributed by atoms with van der Waals surface area (Å²) in [5.41, 5.74) is 4.21. The van der Waals surface area contributed by atoms with E-state index in [2.05, 4.69) is 0 Å². The molecule has 1 aliphatic rings. The monoisotopic (exact) mass is 424 g/mol. The fraction of sp³-hybridized carbons (Fsp3) is 0.240. The van der Waals surface area contributed by atoms with E-state index in [4.69, 9.17) is 9.84 Å². The minimum absolute atomic E-state index is 0.0350. The molecule has 3 aromatic carbocycles. The predicted octanol–water partition coefficient (Wildman–Crippen LogP) is 3.62. The lowest BCUT2D eigenvalue weighted by molar-refractivity contribution is 0.0536. The number of hydrogen-bond acceptors (Lipinski definition) is 4. The van der Waals surface area contributed by atoms with E-state index in [1.165, 1.54) is 12.1 Å². The van der Waals surface area contributed by atoms with Crippen LogP contribution in [0.1, 0.15) is 38.2 Å². The topological polar surface area (TPSA) is 66.8 Å². The molecule has 0 bridgehead atoms. The van der Waals surface area contributed by atoms with Gasteiger partial charge in [0.1, 0.15) is 30.1 Å². The summed E-state index contributed by atoms with van der Waals surface area (Å²) in [7, 11) is 0. The van der Waals surface area contributed by atoms with E-state index < -0.39 is 17.7 Å². The van der Waals surface area contributed by atoms with Gasteiger partial charge < -0.3 is 14.9 Å². The maximum absolute atomic E-state index is 14.0. The molecule has 0 fully saturated rings. The van der Waals surface area contributed by atoms with E-state index >= 15 is 0 Å². The Balaban J connectivity index is 1.56. The van der Waals surface area contributed by atoms with E-state index in [9.17, 15) is 18.7 Å². The summed E-state index contributed by atoms with van der Waals surface area (Å²) in [4.78, 5) is 13.1. The standard InChI is InChI=1S/C25H22F2O4/c26-19-5-4-18(24(27)12-19)10-15-1-7-22-16(9-15)2-3-17-11-21(31-14-20(29)13-28)6-8-23(17)25(22)30/h1,4-9,11-12,20,28-29H,2-3,10,13-14H2. The van der Waals surface area contributed by atoms with Crippen LogP contribution in [0.4, 0.5) is 8.78 Å². The normalized spacial score (nSPS) is 13.9. The molecule has 1 atom stereocenters. The van der Waals surface area contributed by atoms with E-state index in [-0.39, 0.29) is 19.0 Å². The lowest BCUT2D eigenvalue weighted by Gasteiger charge is -2.12. The number of carbonyl (C=O) groups is 1. The van der Waals surface area contributed by atoms with Crippen LogP contribution < -0.4 is 4.74 Å². The lowest BCUT2D eigenvalue weighted by Crippen LogP contribution is -2.21. The van der Waals surface area contributed by atoms with Crippen LogP contribution in [0.2, 0.25) is 0 Å². The van der Waals surface area contributed by atoms with Gasteiger partial charge >= 0.3 is 0 Å². The number of aliphatic hydroxyl groups is 2. The van der Waals surface area contributed by atoms with Crippen LogP contribution in [-0.4, -0.2) is 35.3 Å². The van der Waals surface area contributed by atoms with Crippen LogP contribution >= 0.6 is 0 Å². The second kappa shape index (κ2) is 8.96. The Labute approximate surface area is 178 Å². The van der Waals surface area contributed by atoms with Gasteiger partial charge in [0.25, 0.3) is 0 Å². The van der Waals surface area contributed by atoms with Crippen molar-refractivity contribution in [3.05, 3.63) is 99.6 Å². The first-order valence-corrected chi connectivity index (χ1v) is 10.1. The third-order valence-corrected chi connectivity index (χ3v) is 5.46. The first-order chi connectivity index (χ1) is 14.9. The summed E-state index contributed by atoms with van der Waals surface area (Å²) in [5, 5.41) is 18.4. The number of hydrogen-bond donors (Lipinski definition) is 2. The van der Waals surface area contributed by atoms with Gasteiger partial charge in [-0.1, -0.05) is 24.3 Å². The minimum Gasteiger partial charge on any atom is -0.491 e. The zero-order valence-corrected chi connectivity index (χ0v) is 16.8. The Morgan fingerprint density at radius 2 is 1.65 bits per heavy atom. The van der Waals surface area contributed by atoms with Gasteiger partial charge in [0.15, 0.2) is 5.78 Å². The molecule has 0 amide bonds. The van der Waals surface area contributed by atoms with Gasteiger partial charge in [-0.25, -0.2) is 8.78 Å². The van der Waals surface area contributed by atoms with Gasteiger partial charge in [-0.2, -0.15) is 0 Å². The van der Waals surface area contributed by atoms with Gasteiger partial charge in [-0.15, -0.1) is 0 Å². The first-order valence-electron chi connectivity index (χ1n) is 10.1. The number of halogens is 2. The van der Waals surface area contributed by atoms with Gasteiger partial charge in [-0.05, 0) is 59.4 Å². The molecule has 31 heavy (non-hydrogen) atoms. The Morgan fingerprint density at radius 1 is 0.935 bits per heavy atom. The smallest absolute Gasteiger partial charge is 0.193 e. The fourth-order valence-electron chi connectivity index (χ4n) is 3.82. The highest BCUT2D eigenvalue weighted by molar-refractivity contribution is 6.11. The highest BCUT2D eigenvalue weighted by Crippen LogP contribution is 2.29. The molecule has 4 rings (SSSR count). The molecular formula is C25H22F2O4. The molecule has 0 heterocycles. The van der Waals surface area contributed by atoms with E-state index in [1.54, 1.807) is 30.3 Å². The molecule has 6 heteroatoms. The van der Waals surface area contributed by atoms with Crippen LogP contribution in [0.5, 0.6) is 5.75 Å². The Kier molecular flexibility index (Phi) is 6.11. The maximum Gasteiger partial charge on any atom is 0.193 e. The van der Waals surface area contributed by atoms with Crippen molar-refractivity contribution in [3.63, 3.8) is 0 Å². The molecule has 0 radical (unpaired) electrons. The van der Waals surface area contributed by atoms with E-state index in [0.717, 1.165) is 22.8 Å². The number of ketones is 1. The molecule has 0 saturated carbocycles. The molecule has 0 aliphatic heterocycles. The Bertz CT molecular complexity index is 1130. The summed E-state index contributed by atoms with van der Waals surface area (Å²) in [5.74, 6) is -0.750. The van der Waals surface area contributed by atoms with Crippen molar-refractivity contribution in [2.75, 3.05) is 13.2 Å². The molecule has 3 aromatic rings. The molecule has 0 spiro atoms. The summed E-state index contributed by atoms with van der Waals surface area (Å²) in [6.45, 7) is -0.421. The molecule has 1 unspecified atom stereocenters. The van der Waals surface area contributed by atoms with Crippen molar-refractivity contribution >= 4 is 5.78 Å². The van der Waals surface area contributed by atoms with Crippen LogP contribution in [0.15, 0.2) is 54.6 Å². The Morgan fingerprint density at radius 3 is 2.35 bits per heavy atom. The van der Waals surface area contributed by atoms with Gasteiger partial charge in [-0.3, -0.25) is 4.79 Å². The van der Waals surface area contributed by atoms with Crippen molar-refractivity contribution < 1.29 is 28.5 Å². The van der Waals surface area contributed by atoms with Crippen molar-refractivity contribution in [1.29, 1.82) is 0 Å². The van der Waals surface area contributed by atoms with Crippen LogP contribution in [0, 0.1) is 11.6 Å². The fourth-order valence-corrected chi connectivity index (χ4v) is 3.82.